The number of rotatable bonds is 6. The van der Waals surface area contributed by atoms with E-state index < -0.39 is 11.5 Å². The maximum atomic E-state index is 11.3. The van der Waals surface area contributed by atoms with Crippen LogP contribution in [0.25, 0.3) is 0 Å². The molecule has 0 aromatic heterocycles. The van der Waals surface area contributed by atoms with Crippen molar-refractivity contribution in [2.75, 3.05) is 0 Å². The molecule has 3 nitrogen and oxygen atoms in total. The Kier molecular flexibility index (Phi) is 5.63. The molecule has 1 atom stereocenters. The van der Waals surface area contributed by atoms with Crippen molar-refractivity contribution in [1.82, 2.24) is 5.32 Å². The van der Waals surface area contributed by atoms with Gasteiger partial charge in [-0.1, -0.05) is 40.9 Å². The van der Waals surface area contributed by atoms with Crippen LogP contribution in [-0.2, 0) is 11.3 Å². The zero-order valence-electron chi connectivity index (χ0n) is 10.5. The second kappa shape index (κ2) is 6.55. The second-order valence-corrected chi connectivity index (χ2v) is 5.80. The number of hydrogen-bond acceptors (Lipinski definition) is 2. The highest BCUT2D eigenvalue weighted by molar-refractivity contribution is 9.10. The first-order valence-corrected chi connectivity index (χ1v) is 6.98. The molecule has 0 heterocycles. The van der Waals surface area contributed by atoms with Crippen LogP contribution in [-0.4, -0.2) is 16.6 Å². The van der Waals surface area contributed by atoms with E-state index in [9.17, 15) is 9.90 Å². The fourth-order valence-electron chi connectivity index (χ4n) is 1.74. The highest BCUT2D eigenvalue weighted by Crippen LogP contribution is 2.22. The summed E-state index contributed by atoms with van der Waals surface area (Å²) in [7, 11) is 0. The number of hydrogen-bond donors (Lipinski definition) is 2. The normalized spacial score (nSPS) is 14.2. The number of halogens is 2. The Hall–Kier alpha value is -0.580. The molecule has 2 N–H and O–H groups in total. The van der Waals surface area contributed by atoms with Gasteiger partial charge in [-0.15, -0.1) is 0 Å². The molecule has 0 aliphatic rings. The van der Waals surface area contributed by atoms with Crippen LogP contribution in [0, 0.1) is 0 Å². The predicted octanol–water partition coefficient (Wildman–Crippen LogP) is 3.84. The van der Waals surface area contributed by atoms with Crippen LogP contribution >= 0.6 is 27.5 Å². The van der Waals surface area contributed by atoms with Gasteiger partial charge in [-0.25, -0.2) is 0 Å². The third-order valence-corrected chi connectivity index (χ3v) is 3.76. The molecule has 0 radical (unpaired) electrons. The van der Waals surface area contributed by atoms with E-state index in [4.69, 9.17) is 11.6 Å². The van der Waals surface area contributed by atoms with Crippen LogP contribution in [0.15, 0.2) is 22.7 Å². The molecule has 0 fully saturated rings. The molecule has 18 heavy (non-hydrogen) atoms. The summed E-state index contributed by atoms with van der Waals surface area (Å²) in [4.78, 5) is 11.3. The van der Waals surface area contributed by atoms with E-state index in [2.05, 4.69) is 21.2 Å². The van der Waals surface area contributed by atoms with Gasteiger partial charge < -0.3 is 5.11 Å². The molecular weight excluding hydrogens is 318 g/mol. The van der Waals surface area contributed by atoms with Gasteiger partial charge in [0.1, 0.15) is 5.54 Å². The quantitative estimate of drug-likeness (QED) is 0.831. The topological polar surface area (TPSA) is 49.3 Å². The minimum atomic E-state index is -0.916. The highest BCUT2D eigenvalue weighted by atomic mass is 79.9. The molecule has 1 aromatic carbocycles. The molecule has 5 heteroatoms. The van der Waals surface area contributed by atoms with Crippen molar-refractivity contribution < 1.29 is 9.90 Å². The standard InChI is InChI=1S/C13H17BrClNO2/c1-3-6-13(2,12(17)18)16-8-9-7-10(14)4-5-11(9)15/h4-5,7,16H,3,6,8H2,1-2H3,(H,17,18). The lowest BCUT2D eigenvalue weighted by Gasteiger charge is -2.26. The van der Waals surface area contributed by atoms with E-state index in [1.807, 2.05) is 19.1 Å². The Balaban J connectivity index is 2.79. The average Bonchev–Trinajstić information content (AvgIpc) is 2.30. The van der Waals surface area contributed by atoms with E-state index in [1.165, 1.54) is 0 Å². The number of carboxylic acids is 1. The van der Waals surface area contributed by atoms with Gasteiger partial charge in [0.15, 0.2) is 0 Å². The molecule has 1 aromatic rings. The molecule has 0 saturated heterocycles. The summed E-state index contributed by atoms with van der Waals surface area (Å²) in [6, 6.07) is 5.54. The van der Waals surface area contributed by atoms with Crippen LogP contribution in [0.5, 0.6) is 0 Å². The summed E-state index contributed by atoms with van der Waals surface area (Å²) >= 11 is 9.45. The largest absolute Gasteiger partial charge is 0.480 e. The minimum absolute atomic E-state index is 0.432. The maximum absolute atomic E-state index is 11.3. The fraction of sp³-hybridized carbons (Fsp3) is 0.462. The smallest absolute Gasteiger partial charge is 0.323 e. The summed E-state index contributed by atoms with van der Waals surface area (Å²) in [6.07, 6.45) is 1.38. The van der Waals surface area contributed by atoms with Gasteiger partial charge in [-0.05, 0) is 37.1 Å². The summed E-state index contributed by atoms with van der Waals surface area (Å²) < 4.78 is 0.927. The molecule has 0 aliphatic heterocycles. The Morgan fingerprint density at radius 1 is 1.56 bits per heavy atom. The van der Waals surface area contributed by atoms with Gasteiger partial charge in [-0.3, -0.25) is 10.1 Å². The van der Waals surface area contributed by atoms with Gasteiger partial charge in [0.05, 0.1) is 0 Å². The van der Waals surface area contributed by atoms with E-state index in [-0.39, 0.29) is 0 Å². The SMILES string of the molecule is CCCC(C)(NCc1cc(Br)ccc1Cl)C(=O)O. The zero-order chi connectivity index (χ0) is 13.8. The number of aliphatic carboxylic acids is 1. The van der Waals surface area contributed by atoms with Crippen LogP contribution < -0.4 is 5.32 Å². The Morgan fingerprint density at radius 2 is 2.22 bits per heavy atom. The zero-order valence-corrected chi connectivity index (χ0v) is 12.8. The summed E-state index contributed by atoms with van der Waals surface area (Å²) in [6.45, 7) is 4.10. The van der Waals surface area contributed by atoms with Crippen LogP contribution in [0.2, 0.25) is 5.02 Å². The van der Waals surface area contributed by atoms with Crippen molar-refractivity contribution in [3.63, 3.8) is 0 Å². The van der Waals surface area contributed by atoms with E-state index in [1.54, 1.807) is 13.0 Å². The molecule has 0 aliphatic carbocycles. The lowest BCUT2D eigenvalue weighted by molar-refractivity contribution is -0.144. The van der Waals surface area contributed by atoms with E-state index >= 15 is 0 Å². The third kappa shape index (κ3) is 3.97. The Bertz CT molecular complexity index is 439. The lowest BCUT2D eigenvalue weighted by Crippen LogP contribution is -2.48. The molecule has 0 amide bonds. The molecule has 0 saturated carbocycles. The minimum Gasteiger partial charge on any atom is -0.480 e. The number of nitrogens with one attached hydrogen (secondary N) is 1. The summed E-state index contributed by atoms with van der Waals surface area (Å²) in [5.74, 6) is -0.838. The van der Waals surface area contributed by atoms with E-state index in [0.717, 1.165) is 16.5 Å². The monoisotopic (exact) mass is 333 g/mol. The third-order valence-electron chi connectivity index (χ3n) is 2.90. The first kappa shape index (κ1) is 15.5. The van der Waals surface area contributed by atoms with Crippen molar-refractivity contribution in [3.05, 3.63) is 33.3 Å². The van der Waals surface area contributed by atoms with Gasteiger partial charge in [0.25, 0.3) is 0 Å². The number of carbonyl (C=O) groups is 1. The maximum Gasteiger partial charge on any atom is 0.323 e. The van der Waals surface area contributed by atoms with Crippen LogP contribution in [0.4, 0.5) is 0 Å². The van der Waals surface area contributed by atoms with Crippen molar-refractivity contribution in [2.24, 2.45) is 0 Å². The predicted molar refractivity (Wildman–Crippen MR) is 76.9 cm³/mol. The summed E-state index contributed by atoms with van der Waals surface area (Å²) in [5.41, 5.74) is -0.0324. The number of carboxylic acid groups (broad SMARTS) is 1. The number of benzene rings is 1. The fourth-order valence-corrected chi connectivity index (χ4v) is 2.33. The molecule has 100 valence electrons. The lowest BCUT2D eigenvalue weighted by atomic mass is 9.96. The van der Waals surface area contributed by atoms with Crippen molar-refractivity contribution in [3.8, 4) is 0 Å². The average molecular weight is 335 g/mol. The van der Waals surface area contributed by atoms with Gasteiger partial charge in [0, 0.05) is 16.0 Å². The molecule has 0 spiro atoms. The van der Waals surface area contributed by atoms with Crippen molar-refractivity contribution in [1.29, 1.82) is 0 Å². The van der Waals surface area contributed by atoms with Gasteiger partial charge in [0.2, 0.25) is 0 Å². The van der Waals surface area contributed by atoms with E-state index in [0.29, 0.717) is 18.0 Å². The highest BCUT2D eigenvalue weighted by Gasteiger charge is 2.31. The summed E-state index contributed by atoms with van der Waals surface area (Å²) in [5, 5.41) is 13.0. The van der Waals surface area contributed by atoms with Crippen LogP contribution in [0.1, 0.15) is 32.3 Å². The van der Waals surface area contributed by atoms with Crippen LogP contribution in [0.3, 0.4) is 0 Å². The van der Waals surface area contributed by atoms with Gasteiger partial charge >= 0.3 is 5.97 Å². The second-order valence-electron chi connectivity index (χ2n) is 4.48. The Morgan fingerprint density at radius 3 is 2.78 bits per heavy atom. The Labute approximate surface area is 121 Å². The molecule has 1 unspecified atom stereocenters. The molecule has 1 rings (SSSR count). The molecular formula is C13H17BrClNO2. The van der Waals surface area contributed by atoms with Gasteiger partial charge in [-0.2, -0.15) is 0 Å². The molecule has 0 bridgehead atoms. The van der Waals surface area contributed by atoms with Crippen molar-refractivity contribution in [2.45, 2.75) is 38.8 Å². The first-order valence-electron chi connectivity index (χ1n) is 5.81. The van der Waals surface area contributed by atoms with Crippen molar-refractivity contribution >= 4 is 33.5 Å². The first-order chi connectivity index (χ1) is 8.39.